The van der Waals surface area contributed by atoms with Gasteiger partial charge in [0.2, 0.25) is 0 Å². The van der Waals surface area contributed by atoms with Gasteiger partial charge in [0, 0.05) is 0 Å². The highest BCUT2D eigenvalue weighted by molar-refractivity contribution is 4.25. The predicted molar refractivity (Wildman–Crippen MR) is 30.9 cm³/mol. The van der Waals surface area contributed by atoms with E-state index < -0.39 is 5.09 Å². The second-order valence-corrected chi connectivity index (χ2v) is 1.39. The fourth-order valence-corrected chi connectivity index (χ4v) is 0.337. The van der Waals surface area contributed by atoms with Crippen molar-refractivity contribution in [2.24, 2.45) is 0 Å². The van der Waals surface area contributed by atoms with Crippen LogP contribution in [0.25, 0.3) is 0 Å². The van der Waals surface area contributed by atoms with Crippen LogP contribution in [0.1, 0.15) is 0 Å². The minimum absolute atomic E-state index is 0.0849. The van der Waals surface area contributed by atoms with Crippen LogP contribution in [0.2, 0.25) is 0 Å². The van der Waals surface area contributed by atoms with E-state index in [9.17, 15) is 10.1 Å². The van der Waals surface area contributed by atoms with Gasteiger partial charge < -0.3 is 14.7 Å². The Morgan fingerprint density at radius 2 is 2.10 bits per heavy atom. The molecule has 0 saturated heterocycles. The highest BCUT2D eigenvalue weighted by atomic mass is 17.0. The Balaban J connectivity index is 2.84. The van der Waals surface area contributed by atoms with Gasteiger partial charge in [-0.1, -0.05) is 0 Å². The van der Waals surface area contributed by atoms with E-state index in [4.69, 9.17) is 5.11 Å². The Morgan fingerprint density at radius 3 is 2.60 bits per heavy atom. The van der Waals surface area contributed by atoms with E-state index >= 15 is 0 Å². The SMILES string of the molecule is O=[N+]([O-])OCCOCCO. The highest BCUT2D eigenvalue weighted by Gasteiger charge is 1.92. The van der Waals surface area contributed by atoms with Gasteiger partial charge in [0.25, 0.3) is 5.09 Å². The summed E-state index contributed by atoms with van der Waals surface area (Å²) in [6.07, 6.45) is 0. The number of rotatable bonds is 6. The molecule has 0 fully saturated rings. The molecule has 0 aromatic rings. The molecule has 10 heavy (non-hydrogen) atoms. The summed E-state index contributed by atoms with van der Waals surface area (Å²) in [4.78, 5) is 13.4. The highest BCUT2D eigenvalue weighted by Crippen LogP contribution is 1.77. The minimum atomic E-state index is -0.887. The van der Waals surface area contributed by atoms with Crippen molar-refractivity contribution in [3.8, 4) is 0 Å². The molecular weight excluding hydrogens is 142 g/mol. The first kappa shape index (κ1) is 9.12. The molecule has 0 unspecified atom stereocenters. The lowest BCUT2D eigenvalue weighted by Gasteiger charge is -1.98. The molecule has 0 aromatic carbocycles. The molecule has 0 saturated carbocycles. The van der Waals surface area contributed by atoms with Crippen LogP contribution in [0, 0.1) is 10.1 Å². The van der Waals surface area contributed by atoms with Gasteiger partial charge in [0.05, 0.1) is 19.8 Å². The molecule has 0 aliphatic heterocycles. The standard InChI is InChI=1S/C4H9NO5/c6-1-2-9-3-4-10-5(7)8/h6H,1-4H2. The van der Waals surface area contributed by atoms with Gasteiger partial charge in [-0.15, -0.1) is 10.1 Å². The normalized spacial score (nSPS) is 9.30. The van der Waals surface area contributed by atoms with Gasteiger partial charge >= 0.3 is 0 Å². The van der Waals surface area contributed by atoms with E-state index in [0.29, 0.717) is 0 Å². The van der Waals surface area contributed by atoms with E-state index in [2.05, 4.69) is 9.57 Å². The maximum atomic E-state index is 9.51. The summed E-state index contributed by atoms with van der Waals surface area (Å²) in [6, 6.07) is 0. The van der Waals surface area contributed by atoms with Gasteiger partial charge in [0.1, 0.15) is 6.61 Å². The molecule has 0 amide bonds. The van der Waals surface area contributed by atoms with Crippen molar-refractivity contribution in [1.82, 2.24) is 0 Å². The van der Waals surface area contributed by atoms with Crippen molar-refractivity contribution in [2.75, 3.05) is 26.4 Å². The third-order valence-electron chi connectivity index (χ3n) is 0.660. The van der Waals surface area contributed by atoms with Crippen LogP contribution < -0.4 is 0 Å². The molecule has 6 heteroatoms. The molecule has 60 valence electrons. The molecule has 0 aromatic heterocycles. The van der Waals surface area contributed by atoms with Gasteiger partial charge in [-0.2, -0.15) is 0 Å². The Kier molecular flexibility index (Phi) is 5.69. The van der Waals surface area contributed by atoms with Gasteiger partial charge in [-0.25, -0.2) is 0 Å². The average Bonchev–Trinajstić information content (AvgIpc) is 1.87. The number of aliphatic hydroxyl groups excluding tert-OH is 1. The maximum absolute atomic E-state index is 9.51. The van der Waals surface area contributed by atoms with E-state index in [0.717, 1.165) is 0 Å². The Morgan fingerprint density at radius 1 is 1.40 bits per heavy atom. The van der Waals surface area contributed by atoms with E-state index in [1.165, 1.54) is 0 Å². The van der Waals surface area contributed by atoms with Crippen molar-refractivity contribution in [3.05, 3.63) is 10.1 Å². The number of aliphatic hydroxyl groups is 1. The summed E-state index contributed by atoms with van der Waals surface area (Å²) in [5.41, 5.74) is 0. The lowest BCUT2D eigenvalue weighted by Crippen LogP contribution is -2.10. The van der Waals surface area contributed by atoms with Gasteiger partial charge in [-0.05, 0) is 0 Å². The molecule has 0 rings (SSSR count). The van der Waals surface area contributed by atoms with Gasteiger partial charge in [0.15, 0.2) is 0 Å². The monoisotopic (exact) mass is 151 g/mol. The summed E-state index contributed by atoms with van der Waals surface area (Å²) in [6.45, 7) is 0.133. The van der Waals surface area contributed by atoms with Crippen molar-refractivity contribution >= 4 is 0 Å². The van der Waals surface area contributed by atoms with E-state index in [1.54, 1.807) is 0 Å². The minimum Gasteiger partial charge on any atom is -0.394 e. The van der Waals surface area contributed by atoms with Crippen molar-refractivity contribution < 1.29 is 19.8 Å². The number of ether oxygens (including phenoxy) is 1. The number of hydrogen-bond donors (Lipinski definition) is 1. The molecule has 1 N–H and O–H groups in total. The molecule has 0 radical (unpaired) electrons. The predicted octanol–water partition coefficient (Wildman–Crippen LogP) is -0.796. The zero-order valence-corrected chi connectivity index (χ0v) is 5.36. The largest absolute Gasteiger partial charge is 0.394 e. The smallest absolute Gasteiger partial charge is 0.294 e. The van der Waals surface area contributed by atoms with Crippen LogP contribution in [0.3, 0.4) is 0 Å². The van der Waals surface area contributed by atoms with Crippen LogP contribution in [-0.2, 0) is 9.57 Å². The zero-order valence-electron chi connectivity index (χ0n) is 5.36. The van der Waals surface area contributed by atoms with E-state index in [-0.39, 0.29) is 26.4 Å². The first-order valence-corrected chi connectivity index (χ1v) is 2.73. The molecule has 0 spiro atoms. The zero-order chi connectivity index (χ0) is 7.82. The van der Waals surface area contributed by atoms with Crippen LogP contribution in [0.4, 0.5) is 0 Å². The van der Waals surface area contributed by atoms with Crippen LogP contribution in [-0.4, -0.2) is 36.6 Å². The second kappa shape index (κ2) is 6.24. The van der Waals surface area contributed by atoms with Crippen molar-refractivity contribution in [1.29, 1.82) is 0 Å². The summed E-state index contributed by atoms with van der Waals surface area (Å²) >= 11 is 0. The Bertz CT molecular complexity index is 95.6. The third kappa shape index (κ3) is 7.12. The molecule has 0 atom stereocenters. The molecule has 0 aliphatic carbocycles. The topological polar surface area (TPSA) is 81.8 Å². The van der Waals surface area contributed by atoms with Crippen LogP contribution >= 0.6 is 0 Å². The fraction of sp³-hybridized carbons (Fsp3) is 1.00. The Hall–Kier alpha value is -0.880. The molecule has 0 heterocycles. The molecule has 0 bridgehead atoms. The summed E-state index contributed by atoms with van der Waals surface area (Å²) in [5.74, 6) is 0. The van der Waals surface area contributed by atoms with Crippen LogP contribution in [0.5, 0.6) is 0 Å². The first-order valence-electron chi connectivity index (χ1n) is 2.73. The second-order valence-electron chi connectivity index (χ2n) is 1.39. The quantitative estimate of drug-likeness (QED) is 0.305. The molecular formula is C4H9NO5. The Labute approximate surface area is 57.5 Å². The summed E-state index contributed by atoms with van der Waals surface area (Å²) in [5, 5.41) is 16.8. The van der Waals surface area contributed by atoms with Gasteiger partial charge in [-0.3, -0.25) is 0 Å². The van der Waals surface area contributed by atoms with Crippen molar-refractivity contribution in [3.63, 3.8) is 0 Å². The lowest BCUT2D eigenvalue weighted by molar-refractivity contribution is -0.758. The van der Waals surface area contributed by atoms with Crippen LogP contribution in [0.15, 0.2) is 0 Å². The summed E-state index contributed by atoms with van der Waals surface area (Å²) < 4.78 is 4.65. The maximum Gasteiger partial charge on any atom is 0.294 e. The average molecular weight is 151 g/mol. The third-order valence-corrected chi connectivity index (χ3v) is 0.660. The first-order chi connectivity index (χ1) is 4.77. The number of hydrogen-bond acceptors (Lipinski definition) is 5. The van der Waals surface area contributed by atoms with E-state index in [1.807, 2.05) is 0 Å². The lowest BCUT2D eigenvalue weighted by atomic mass is 10.7. The number of nitrogens with zero attached hydrogens (tertiary/aromatic N) is 1. The molecule has 0 aliphatic rings. The van der Waals surface area contributed by atoms with Crippen molar-refractivity contribution in [2.45, 2.75) is 0 Å². The molecule has 6 nitrogen and oxygen atoms in total. The fourth-order valence-electron chi connectivity index (χ4n) is 0.337. The summed E-state index contributed by atoms with van der Waals surface area (Å²) in [7, 11) is 0.